The SMILES string of the molecule is O=C(O)c1ccc2ccc(-c3cccc(F)c3)nc2c1. The second kappa shape index (κ2) is 4.74. The Balaban J connectivity index is 2.16. The summed E-state index contributed by atoms with van der Waals surface area (Å²) in [6, 6.07) is 14.5. The first-order valence-corrected chi connectivity index (χ1v) is 6.03. The fourth-order valence-corrected chi connectivity index (χ4v) is 2.06. The lowest BCUT2D eigenvalue weighted by Crippen LogP contribution is -1.96. The van der Waals surface area contributed by atoms with Crippen LogP contribution in [0.25, 0.3) is 22.2 Å². The normalized spacial score (nSPS) is 10.7. The molecule has 1 N–H and O–H groups in total. The molecule has 1 heterocycles. The largest absolute Gasteiger partial charge is 0.478 e. The molecule has 2 aromatic carbocycles. The molecule has 0 radical (unpaired) electrons. The topological polar surface area (TPSA) is 50.2 Å². The van der Waals surface area contributed by atoms with Crippen LogP contribution >= 0.6 is 0 Å². The van der Waals surface area contributed by atoms with Crippen LogP contribution < -0.4 is 0 Å². The molecular weight excluding hydrogens is 257 g/mol. The van der Waals surface area contributed by atoms with Crippen LogP contribution in [0.2, 0.25) is 0 Å². The van der Waals surface area contributed by atoms with E-state index >= 15 is 0 Å². The minimum atomic E-state index is -0.996. The van der Waals surface area contributed by atoms with E-state index in [9.17, 15) is 9.18 Å². The van der Waals surface area contributed by atoms with Gasteiger partial charge in [-0.15, -0.1) is 0 Å². The fourth-order valence-electron chi connectivity index (χ4n) is 2.06. The van der Waals surface area contributed by atoms with E-state index in [4.69, 9.17) is 5.11 Å². The van der Waals surface area contributed by atoms with Gasteiger partial charge in [0.05, 0.1) is 16.8 Å². The Hall–Kier alpha value is -2.75. The molecule has 0 aliphatic rings. The van der Waals surface area contributed by atoms with E-state index in [2.05, 4.69) is 4.98 Å². The second-order valence-electron chi connectivity index (χ2n) is 4.42. The Morgan fingerprint density at radius 2 is 1.85 bits per heavy atom. The average molecular weight is 267 g/mol. The first kappa shape index (κ1) is 12.3. The molecule has 4 heteroatoms. The number of carboxylic acid groups (broad SMARTS) is 1. The molecule has 0 spiro atoms. The lowest BCUT2D eigenvalue weighted by molar-refractivity contribution is 0.0697. The zero-order chi connectivity index (χ0) is 14.1. The van der Waals surface area contributed by atoms with Gasteiger partial charge >= 0.3 is 5.97 Å². The Labute approximate surface area is 114 Å². The molecule has 0 aliphatic carbocycles. The van der Waals surface area contributed by atoms with E-state index < -0.39 is 5.97 Å². The molecule has 0 saturated heterocycles. The van der Waals surface area contributed by atoms with Crippen LogP contribution in [0, 0.1) is 5.82 Å². The standard InChI is InChI=1S/C16H10FNO2/c17-13-3-1-2-11(8-13)14-7-6-10-4-5-12(16(19)20)9-15(10)18-14/h1-9H,(H,19,20). The molecule has 0 fully saturated rings. The van der Waals surface area contributed by atoms with Gasteiger partial charge in [0.1, 0.15) is 5.82 Å². The lowest BCUT2D eigenvalue weighted by atomic mass is 10.1. The van der Waals surface area contributed by atoms with Crippen molar-refractivity contribution >= 4 is 16.9 Å². The van der Waals surface area contributed by atoms with Gasteiger partial charge in [0.25, 0.3) is 0 Å². The molecule has 3 aromatic rings. The molecule has 0 unspecified atom stereocenters. The number of pyridine rings is 1. The molecule has 20 heavy (non-hydrogen) atoms. The van der Waals surface area contributed by atoms with Gasteiger partial charge in [-0.05, 0) is 30.3 Å². The highest BCUT2D eigenvalue weighted by molar-refractivity contribution is 5.93. The molecule has 3 rings (SSSR count). The number of fused-ring (bicyclic) bond motifs is 1. The van der Waals surface area contributed by atoms with Crippen molar-refractivity contribution < 1.29 is 14.3 Å². The van der Waals surface area contributed by atoms with Crippen LogP contribution in [0.4, 0.5) is 4.39 Å². The summed E-state index contributed by atoms with van der Waals surface area (Å²) >= 11 is 0. The molecular formula is C16H10FNO2. The predicted molar refractivity (Wildman–Crippen MR) is 74.1 cm³/mol. The molecule has 0 amide bonds. The first-order chi connectivity index (χ1) is 9.63. The molecule has 0 aliphatic heterocycles. The maximum absolute atomic E-state index is 13.2. The highest BCUT2D eigenvalue weighted by Gasteiger charge is 2.06. The Bertz CT molecular complexity index is 814. The van der Waals surface area contributed by atoms with E-state index in [1.54, 1.807) is 24.3 Å². The number of benzene rings is 2. The Morgan fingerprint density at radius 3 is 2.60 bits per heavy atom. The summed E-state index contributed by atoms with van der Waals surface area (Å²) in [6.07, 6.45) is 0. The Morgan fingerprint density at radius 1 is 1.05 bits per heavy atom. The van der Waals surface area contributed by atoms with Gasteiger partial charge in [0.15, 0.2) is 0 Å². The number of aromatic nitrogens is 1. The minimum Gasteiger partial charge on any atom is -0.478 e. The molecule has 0 bridgehead atoms. The summed E-state index contributed by atoms with van der Waals surface area (Å²) in [6.45, 7) is 0. The molecule has 0 atom stereocenters. The Kier molecular flexibility index (Phi) is 2.91. The molecule has 0 saturated carbocycles. The van der Waals surface area contributed by atoms with Crippen LogP contribution in [0.15, 0.2) is 54.6 Å². The summed E-state index contributed by atoms with van der Waals surface area (Å²) in [5.41, 5.74) is 2.03. The lowest BCUT2D eigenvalue weighted by Gasteiger charge is -2.04. The number of hydrogen-bond acceptors (Lipinski definition) is 2. The summed E-state index contributed by atoms with van der Waals surface area (Å²) in [5.74, 6) is -1.33. The number of hydrogen-bond donors (Lipinski definition) is 1. The number of carboxylic acids is 1. The van der Waals surface area contributed by atoms with E-state index in [0.29, 0.717) is 16.8 Å². The van der Waals surface area contributed by atoms with Crippen LogP contribution in [-0.4, -0.2) is 16.1 Å². The third kappa shape index (κ3) is 2.23. The van der Waals surface area contributed by atoms with Crippen LogP contribution in [0.1, 0.15) is 10.4 Å². The fraction of sp³-hybridized carbons (Fsp3) is 0. The quantitative estimate of drug-likeness (QED) is 0.769. The van der Waals surface area contributed by atoms with Crippen LogP contribution in [0.3, 0.4) is 0 Å². The first-order valence-electron chi connectivity index (χ1n) is 6.03. The van der Waals surface area contributed by atoms with E-state index in [-0.39, 0.29) is 11.4 Å². The van der Waals surface area contributed by atoms with Gasteiger partial charge in [-0.3, -0.25) is 0 Å². The number of halogens is 1. The number of aromatic carboxylic acids is 1. The number of nitrogens with zero attached hydrogens (tertiary/aromatic N) is 1. The van der Waals surface area contributed by atoms with Gasteiger partial charge in [0, 0.05) is 10.9 Å². The van der Waals surface area contributed by atoms with Crippen LogP contribution in [-0.2, 0) is 0 Å². The summed E-state index contributed by atoms with van der Waals surface area (Å²) in [7, 11) is 0. The highest BCUT2D eigenvalue weighted by Crippen LogP contribution is 2.22. The van der Waals surface area contributed by atoms with Crippen molar-refractivity contribution in [1.29, 1.82) is 0 Å². The smallest absolute Gasteiger partial charge is 0.335 e. The van der Waals surface area contributed by atoms with Crippen molar-refractivity contribution in [3.05, 3.63) is 66.0 Å². The summed E-state index contributed by atoms with van der Waals surface area (Å²) in [4.78, 5) is 15.4. The maximum Gasteiger partial charge on any atom is 0.335 e. The van der Waals surface area contributed by atoms with E-state index in [1.807, 2.05) is 6.07 Å². The molecule has 1 aromatic heterocycles. The minimum absolute atomic E-state index is 0.182. The number of carbonyl (C=O) groups is 1. The third-order valence-electron chi connectivity index (χ3n) is 3.06. The van der Waals surface area contributed by atoms with E-state index in [0.717, 1.165) is 5.39 Å². The van der Waals surface area contributed by atoms with Crippen molar-refractivity contribution in [2.75, 3.05) is 0 Å². The number of rotatable bonds is 2. The second-order valence-corrected chi connectivity index (χ2v) is 4.42. The maximum atomic E-state index is 13.2. The van der Waals surface area contributed by atoms with Gasteiger partial charge < -0.3 is 5.11 Å². The van der Waals surface area contributed by atoms with Crippen molar-refractivity contribution in [2.24, 2.45) is 0 Å². The van der Waals surface area contributed by atoms with Gasteiger partial charge in [0.2, 0.25) is 0 Å². The van der Waals surface area contributed by atoms with Gasteiger partial charge in [-0.2, -0.15) is 0 Å². The average Bonchev–Trinajstić information content (AvgIpc) is 2.46. The summed E-state index contributed by atoms with van der Waals surface area (Å²) < 4.78 is 13.2. The predicted octanol–water partition coefficient (Wildman–Crippen LogP) is 3.74. The van der Waals surface area contributed by atoms with Crippen molar-refractivity contribution in [1.82, 2.24) is 4.98 Å². The van der Waals surface area contributed by atoms with Gasteiger partial charge in [-0.25, -0.2) is 14.2 Å². The molecule has 3 nitrogen and oxygen atoms in total. The van der Waals surface area contributed by atoms with Crippen molar-refractivity contribution in [3.63, 3.8) is 0 Å². The monoisotopic (exact) mass is 267 g/mol. The molecule has 98 valence electrons. The van der Waals surface area contributed by atoms with Crippen molar-refractivity contribution in [2.45, 2.75) is 0 Å². The van der Waals surface area contributed by atoms with Crippen LogP contribution in [0.5, 0.6) is 0 Å². The van der Waals surface area contributed by atoms with E-state index in [1.165, 1.54) is 24.3 Å². The summed E-state index contributed by atoms with van der Waals surface area (Å²) in [5, 5.41) is 9.83. The third-order valence-corrected chi connectivity index (χ3v) is 3.06. The van der Waals surface area contributed by atoms with Crippen molar-refractivity contribution in [3.8, 4) is 11.3 Å². The zero-order valence-electron chi connectivity index (χ0n) is 10.4. The highest BCUT2D eigenvalue weighted by atomic mass is 19.1. The van der Waals surface area contributed by atoms with Gasteiger partial charge in [-0.1, -0.05) is 24.3 Å². The zero-order valence-corrected chi connectivity index (χ0v) is 10.4.